The van der Waals surface area contributed by atoms with Gasteiger partial charge < -0.3 is 14.6 Å². The molecule has 0 radical (unpaired) electrons. The molecule has 1 aromatic carbocycles. The number of aliphatic hydroxyl groups excluding tert-OH is 1. The van der Waals surface area contributed by atoms with Crippen molar-refractivity contribution in [3.63, 3.8) is 0 Å². The van der Waals surface area contributed by atoms with Crippen LogP contribution in [0.25, 0.3) is 0 Å². The first-order valence-corrected chi connectivity index (χ1v) is 7.00. The van der Waals surface area contributed by atoms with Crippen LogP contribution in [-0.2, 0) is 4.74 Å². The summed E-state index contributed by atoms with van der Waals surface area (Å²) in [6.45, 7) is 2.73. The van der Waals surface area contributed by atoms with Crippen LogP contribution in [-0.4, -0.2) is 30.0 Å². The number of hydrogen-bond donors (Lipinski definition) is 1. The van der Waals surface area contributed by atoms with E-state index in [2.05, 4.69) is 29.5 Å². The Morgan fingerprint density at radius 2 is 2.29 bits per heavy atom. The van der Waals surface area contributed by atoms with Gasteiger partial charge in [0.2, 0.25) is 0 Å². The summed E-state index contributed by atoms with van der Waals surface area (Å²) < 4.78 is 12.5. The summed E-state index contributed by atoms with van der Waals surface area (Å²) in [7, 11) is 0. The quantitative estimate of drug-likeness (QED) is 0.832. The van der Waals surface area contributed by atoms with Gasteiger partial charge in [-0.1, -0.05) is 13.0 Å². The monoisotopic (exact) mass is 348 g/mol. The zero-order valence-corrected chi connectivity index (χ0v) is 12.0. The lowest BCUT2D eigenvalue weighted by Crippen LogP contribution is -2.55. The van der Waals surface area contributed by atoms with Gasteiger partial charge in [-0.05, 0) is 47.2 Å². The third kappa shape index (κ3) is 3.33. The van der Waals surface area contributed by atoms with Crippen molar-refractivity contribution in [2.24, 2.45) is 0 Å². The maximum Gasteiger partial charge on any atom is 0.130 e. The molecule has 0 saturated heterocycles. The van der Waals surface area contributed by atoms with Gasteiger partial charge in [-0.2, -0.15) is 0 Å². The van der Waals surface area contributed by atoms with Crippen LogP contribution in [0.3, 0.4) is 0 Å². The minimum atomic E-state index is -0.380. The van der Waals surface area contributed by atoms with Gasteiger partial charge in [0.05, 0.1) is 6.10 Å². The number of rotatable bonds is 5. The normalized spacial score (nSPS) is 27.6. The molecule has 3 atom stereocenters. The summed E-state index contributed by atoms with van der Waals surface area (Å²) in [5.74, 6) is 0.846. The van der Waals surface area contributed by atoms with Crippen LogP contribution in [0.2, 0.25) is 0 Å². The second-order valence-corrected chi connectivity index (χ2v) is 5.50. The molecule has 17 heavy (non-hydrogen) atoms. The zero-order valence-electron chi connectivity index (χ0n) is 9.80. The van der Waals surface area contributed by atoms with Gasteiger partial charge in [-0.3, -0.25) is 0 Å². The predicted molar refractivity (Wildman–Crippen MR) is 74.2 cm³/mol. The number of aliphatic hydroxyl groups is 1. The van der Waals surface area contributed by atoms with Crippen LogP contribution in [0, 0.1) is 3.57 Å². The number of hydrogen-bond acceptors (Lipinski definition) is 3. The minimum Gasteiger partial charge on any atom is -0.487 e. The Balaban J connectivity index is 1.91. The van der Waals surface area contributed by atoms with Crippen molar-refractivity contribution >= 4 is 22.6 Å². The fraction of sp³-hybridized carbons (Fsp3) is 0.538. The second kappa shape index (κ2) is 6.02. The van der Waals surface area contributed by atoms with Crippen LogP contribution in [0.4, 0.5) is 0 Å². The predicted octanol–water partition coefficient (Wildman–Crippen LogP) is 2.60. The van der Waals surface area contributed by atoms with Crippen LogP contribution in [0.15, 0.2) is 24.3 Å². The van der Waals surface area contributed by atoms with E-state index in [4.69, 9.17) is 9.47 Å². The first kappa shape index (κ1) is 13.1. The molecule has 0 amide bonds. The molecule has 2 rings (SSSR count). The molecular weight excluding hydrogens is 331 g/mol. The Hall–Kier alpha value is -0.330. The first-order valence-electron chi connectivity index (χ1n) is 5.92. The van der Waals surface area contributed by atoms with E-state index in [0.29, 0.717) is 13.0 Å². The van der Waals surface area contributed by atoms with Crippen LogP contribution < -0.4 is 4.74 Å². The van der Waals surface area contributed by atoms with E-state index in [-0.39, 0.29) is 18.3 Å². The molecule has 0 heterocycles. The van der Waals surface area contributed by atoms with Crippen molar-refractivity contribution in [1.82, 2.24) is 0 Å². The molecule has 1 aliphatic rings. The molecule has 4 heteroatoms. The Kier molecular flexibility index (Phi) is 4.64. The molecule has 3 unspecified atom stereocenters. The summed E-state index contributed by atoms with van der Waals surface area (Å²) in [5, 5.41) is 9.63. The third-order valence-corrected chi connectivity index (χ3v) is 3.49. The molecule has 1 N–H and O–H groups in total. The van der Waals surface area contributed by atoms with Gasteiger partial charge in [0.15, 0.2) is 0 Å². The molecule has 1 aromatic rings. The van der Waals surface area contributed by atoms with Gasteiger partial charge in [-0.25, -0.2) is 0 Å². The third-order valence-electron chi connectivity index (χ3n) is 2.82. The molecule has 1 saturated carbocycles. The topological polar surface area (TPSA) is 38.7 Å². The SMILES string of the molecule is CCCOC1C(O)CC1Oc1cccc(I)c1. The minimum absolute atomic E-state index is 0.0188. The highest BCUT2D eigenvalue weighted by molar-refractivity contribution is 14.1. The number of halogens is 1. The van der Waals surface area contributed by atoms with Crippen molar-refractivity contribution < 1.29 is 14.6 Å². The average molecular weight is 348 g/mol. The highest BCUT2D eigenvalue weighted by Crippen LogP contribution is 2.29. The van der Waals surface area contributed by atoms with E-state index in [1.165, 1.54) is 0 Å². The average Bonchev–Trinajstić information content (AvgIpc) is 2.29. The molecule has 3 nitrogen and oxygen atoms in total. The summed E-state index contributed by atoms with van der Waals surface area (Å²) in [6, 6.07) is 7.91. The Morgan fingerprint density at radius 1 is 1.47 bits per heavy atom. The number of benzene rings is 1. The Morgan fingerprint density at radius 3 is 2.94 bits per heavy atom. The maximum absolute atomic E-state index is 9.63. The van der Waals surface area contributed by atoms with Crippen LogP contribution in [0.5, 0.6) is 5.75 Å². The fourth-order valence-corrected chi connectivity index (χ4v) is 2.38. The fourth-order valence-electron chi connectivity index (χ4n) is 1.86. The van der Waals surface area contributed by atoms with E-state index < -0.39 is 0 Å². The molecule has 0 aromatic heterocycles. The molecule has 0 aliphatic heterocycles. The molecule has 0 spiro atoms. The summed E-state index contributed by atoms with van der Waals surface area (Å²) in [5.41, 5.74) is 0. The lowest BCUT2D eigenvalue weighted by atomic mass is 9.88. The Labute approximate surface area is 115 Å². The number of ether oxygens (including phenoxy) is 2. The highest BCUT2D eigenvalue weighted by Gasteiger charge is 2.42. The van der Waals surface area contributed by atoms with Gasteiger partial charge in [0, 0.05) is 16.6 Å². The standard InChI is InChI=1S/C13H17IO3/c1-2-6-16-13-11(15)8-12(13)17-10-5-3-4-9(14)7-10/h3-5,7,11-13,15H,2,6,8H2,1H3. The van der Waals surface area contributed by atoms with Gasteiger partial charge in [0.25, 0.3) is 0 Å². The Bertz CT molecular complexity index is 369. The van der Waals surface area contributed by atoms with E-state index in [1.807, 2.05) is 24.3 Å². The lowest BCUT2D eigenvalue weighted by Gasteiger charge is -2.40. The second-order valence-electron chi connectivity index (χ2n) is 4.25. The molecular formula is C13H17IO3. The molecule has 94 valence electrons. The summed E-state index contributed by atoms with van der Waals surface area (Å²) >= 11 is 2.25. The van der Waals surface area contributed by atoms with E-state index in [9.17, 15) is 5.11 Å². The van der Waals surface area contributed by atoms with E-state index in [0.717, 1.165) is 15.7 Å². The molecule has 1 aliphatic carbocycles. The van der Waals surface area contributed by atoms with Crippen LogP contribution in [0.1, 0.15) is 19.8 Å². The highest BCUT2D eigenvalue weighted by atomic mass is 127. The lowest BCUT2D eigenvalue weighted by molar-refractivity contribution is -0.162. The zero-order chi connectivity index (χ0) is 12.3. The smallest absolute Gasteiger partial charge is 0.130 e. The molecule has 1 fully saturated rings. The van der Waals surface area contributed by atoms with E-state index in [1.54, 1.807) is 0 Å². The summed E-state index contributed by atoms with van der Waals surface area (Å²) in [6.07, 6.45) is 1.04. The first-order chi connectivity index (χ1) is 8.20. The van der Waals surface area contributed by atoms with E-state index >= 15 is 0 Å². The largest absolute Gasteiger partial charge is 0.487 e. The van der Waals surface area contributed by atoms with Crippen LogP contribution >= 0.6 is 22.6 Å². The van der Waals surface area contributed by atoms with Crippen molar-refractivity contribution in [3.05, 3.63) is 27.8 Å². The van der Waals surface area contributed by atoms with Gasteiger partial charge in [-0.15, -0.1) is 0 Å². The van der Waals surface area contributed by atoms with Gasteiger partial charge >= 0.3 is 0 Å². The van der Waals surface area contributed by atoms with Crippen molar-refractivity contribution in [1.29, 1.82) is 0 Å². The van der Waals surface area contributed by atoms with Crippen molar-refractivity contribution in [2.45, 2.75) is 38.1 Å². The maximum atomic E-state index is 9.63. The molecule has 0 bridgehead atoms. The van der Waals surface area contributed by atoms with Gasteiger partial charge in [0.1, 0.15) is 18.0 Å². The summed E-state index contributed by atoms with van der Waals surface area (Å²) in [4.78, 5) is 0. The van der Waals surface area contributed by atoms with Crippen molar-refractivity contribution in [2.75, 3.05) is 6.61 Å². The van der Waals surface area contributed by atoms with Crippen molar-refractivity contribution in [3.8, 4) is 5.75 Å².